The molecule has 0 spiro atoms. The highest BCUT2D eigenvalue weighted by Crippen LogP contribution is 2.29. The van der Waals surface area contributed by atoms with E-state index in [1.807, 2.05) is 24.3 Å². The number of ketones is 1. The largest absolute Gasteiger partial charge is 0.371 e. The SMILES string of the molecule is C=C1CN=C(c2ccc(N3CCCCC(C)C3)cc2)c2ccccc21.CC1CCCCCN1c1ccc(C2=NCC(=O)c3ccccc32)cc1. The maximum absolute atomic E-state index is 12.1. The molecular formula is C45H50N4O. The number of hydrogen-bond acceptors (Lipinski definition) is 5. The Bertz CT molecular complexity index is 1890. The monoisotopic (exact) mass is 662 g/mol. The molecule has 0 bridgehead atoms. The van der Waals surface area contributed by atoms with Crippen molar-refractivity contribution in [3.8, 4) is 0 Å². The zero-order valence-electron chi connectivity index (χ0n) is 29.8. The van der Waals surface area contributed by atoms with Crippen LogP contribution in [-0.2, 0) is 0 Å². The first-order valence-electron chi connectivity index (χ1n) is 18.7. The predicted octanol–water partition coefficient (Wildman–Crippen LogP) is 9.67. The Hall–Kier alpha value is -4.77. The smallest absolute Gasteiger partial charge is 0.184 e. The molecule has 2 saturated heterocycles. The van der Waals surface area contributed by atoms with E-state index in [2.05, 4.69) is 108 Å². The van der Waals surface area contributed by atoms with E-state index < -0.39 is 0 Å². The van der Waals surface area contributed by atoms with Crippen molar-refractivity contribution >= 4 is 34.2 Å². The van der Waals surface area contributed by atoms with Gasteiger partial charge in [-0.3, -0.25) is 14.8 Å². The van der Waals surface area contributed by atoms with Crippen molar-refractivity contribution < 1.29 is 4.79 Å². The molecule has 4 heterocycles. The van der Waals surface area contributed by atoms with Gasteiger partial charge in [0.1, 0.15) is 6.54 Å². The van der Waals surface area contributed by atoms with Crippen molar-refractivity contribution in [1.82, 2.24) is 0 Å². The number of hydrogen-bond donors (Lipinski definition) is 0. The van der Waals surface area contributed by atoms with Gasteiger partial charge >= 0.3 is 0 Å². The minimum atomic E-state index is 0.106. The molecule has 4 aliphatic rings. The lowest BCUT2D eigenvalue weighted by Crippen LogP contribution is -2.32. The van der Waals surface area contributed by atoms with E-state index in [0.29, 0.717) is 12.6 Å². The Balaban J connectivity index is 0.000000157. The van der Waals surface area contributed by atoms with E-state index in [0.717, 1.165) is 46.1 Å². The Labute approximate surface area is 298 Å². The van der Waals surface area contributed by atoms with Crippen LogP contribution in [-0.4, -0.2) is 56.0 Å². The van der Waals surface area contributed by atoms with E-state index in [4.69, 9.17) is 4.99 Å². The van der Waals surface area contributed by atoms with Gasteiger partial charge < -0.3 is 9.80 Å². The molecule has 50 heavy (non-hydrogen) atoms. The highest BCUT2D eigenvalue weighted by atomic mass is 16.1. The minimum Gasteiger partial charge on any atom is -0.371 e. The Morgan fingerprint density at radius 2 is 1.16 bits per heavy atom. The van der Waals surface area contributed by atoms with Gasteiger partial charge in [0.15, 0.2) is 5.78 Å². The second kappa shape index (κ2) is 15.4. The number of aliphatic imine (C=N–C) groups is 2. The fourth-order valence-electron chi connectivity index (χ4n) is 7.98. The standard InChI is InChI=1S/C23H26N2.C22H24N2O/c1-17-7-5-6-14-25(16-17)20-12-10-19(11-13-20)23-22-9-4-3-8-21(22)18(2)15-24-23;1-16-7-3-2-6-14-24(16)18-12-10-17(11-13-18)22-20-9-5-4-8-19(20)21(25)15-23-22/h3-4,8-13,17H,2,5-7,14-16H2,1H3;4-5,8-13,16H,2-3,6-7,14-15H2,1H3. The lowest BCUT2D eigenvalue weighted by molar-refractivity contribution is 0.1000. The van der Waals surface area contributed by atoms with Crippen LogP contribution in [0.3, 0.4) is 0 Å². The molecule has 5 heteroatoms. The third kappa shape index (κ3) is 7.38. The summed E-state index contributed by atoms with van der Waals surface area (Å²) in [6, 6.07) is 34.6. The molecule has 0 aromatic heterocycles. The van der Waals surface area contributed by atoms with Crippen molar-refractivity contribution in [2.75, 3.05) is 42.5 Å². The van der Waals surface area contributed by atoms with Crippen LogP contribution in [0.1, 0.15) is 97.0 Å². The van der Waals surface area contributed by atoms with Crippen LogP contribution in [0.25, 0.3) is 5.57 Å². The van der Waals surface area contributed by atoms with Crippen LogP contribution in [0.15, 0.2) is 114 Å². The summed E-state index contributed by atoms with van der Waals surface area (Å²) in [5.41, 5.74) is 12.2. The van der Waals surface area contributed by atoms with Crippen molar-refractivity contribution in [3.05, 3.63) is 137 Å². The number of Topliss-reactive ketones (excluding diaryl/α,β-unsaturated/α-hetero) is 1. The Morgan fingerprint density at radius 3 is 1.86 bits per heavy atom. The summed E-state index contributed by atoms with van der Waals surface area (Å²) < 4.78 is 0. The third-order valence-corrected chi connectivity index (χ3v) is 10.8. The van der Waals surface area contributed by atoms with Crippen LogP contribution < -0.4 is 9.80 Å². The lowest BCUT2D eigenvalue weighted by Gasteiger charge is -2.29. The molecular weight excluding hydrogens is 613 g/mol. The van der Waals surface area contributed by atoms with E-state index in [1.54, 1.807) is 0 Å². The first-order valence-corrected chi connectivity index (χ1v) is 18.7. The van der Waals surface area contributed by atoms with Crippen molar-refractivity contribution in [2.24, 2.45) is 15.9 Å². The zero-order valence-corrected chi connectivity index (χ0v) is 29.8. The molecule has 256 valence electrons. The number of rotatable bonds is 4. The van der Waals surface area contributed by atoms with E-state index in [1.165, 1.54) is 86.1 Å². The maximum atomic E-state index is 12.1. The number of fused-ring (bicyclic) bond motifs is 2. The summed E-state index contributed by atoms with van der Waals surface area (Å²) in [6.45, 7) is 13.3. The summed E-state index contributed by atoms with van der Waals surface area (Å²) in [6.07, 6.45) is 9.21. The van der Waals surface area contributed by atoms with Crippen molar-refractivity contribution in [3.63, 3.8) is 0 Å². The molecule has 0 amide bonds. The van der Waals surface area contributed by atoms with Gasteiger partial charge in [0.05, 0.1) is 18.0 Å². The number of carbonyl (C=O) groups is 1. The second-order valence-electron chi connectivity index (χ2n) is 14.5. The van der Waals surface area contributed by atoms with E-state index in [9.17, 15) is 4.79 Å². The highest BCUT2D eigenvalue weighted by molar-refractivity contribution is 6.22. The summed E-state index contributed by atoms with van der Waals surface area (Å²) in [7, 11) is 0. The molecule has 0 radical (unpaired) electrons. The van der Waals surface area contributed by atoms with Crippen LogP contribution >= 0.6 is 0 Å². The lowest BCUT2D eigenvalue weighted by atomic mass is 9.91. The maximum Gasteiger partial charge on any atom is 0.184 e. The average Bonchev–Trinajstić information content (AvgIpc) is 3.52. The number of carbonyl (C=O) groups excluding carboxylic acids is 1. The van der Waals surface area contributed by atoms with Gasteiger partial charge in [-0.1, -0.05) is 106 Å². The van der Waals surface area contributed by atoms with Gasteiger partial charge in [-0.05, 0) is 73.9 Å². The molecule has 4 aromatic carbocycles. The highest BCUT2D eigenvalue weighted by Gasteiger charge is 2.23. The van der Waals surface area contributed by atoms with Gasteiger partial charge in [-0.2, -0.15) is 0 Å². The Morgan fingerprint density at radius 1 is 0.600 bits per heavy atom. The average molecular weight is 663 g/mol. The minimum absolute atomic E-state index is 0.106. The van der Waals surface area contributed by atoms with Gasteiger partial charge in [0.2, 0.25) is 0 Å². The molecule has 2 atom stereocenters. The van der Waals surface area contributed by atoms with E-state index >= 15 is 0 Å². The fraction of sp³-hybridized carbons (Fsp3) is 0.356. The number of benzene rings is 4. The topological polar surface area (TPSA) is 48.3 Å². The molecule has 2 fully saturated rings. The van der Waals surface area contributed by atoms with Crippen molar-refractivity contribution in [2.45, 2.75) is 64.8 Å². The quantitative estimate of drug-likeness (QED) is 0.219. The van der Waals surface area contributed by atoms with Crippen LogP contribution in [0.2, 0.25) is 0 Å². The first kappa shape index (κ1) is 33.7. The van der Waals surface area contributed by atoms with Gasteiger partial charge in [0.25, 0.3) is 0 Å². The molecule has 2 unspecified atom stereocenters. The summed E-state index contributed by atoms with van der Waals surface area (Å²) in [5.74, 6) is 0.886. The second-order valence-corrected chi connectivity index (χ2v) is 14.5. The summed E-state index contributed by atoms with van der Waals surface area (Å²) in [4.78, 5) is 26.5. The van der Waals surface area contributed by atoms with Crippen LogP contribution in [0, 0.1) is 5.92 Å². The molecule has 4 aromatic rings. The zero-order chi connectivity index (χ0) is 34.5. The fourth-order valence-corrected chi connectivity index (χ4v) is 7.98. The Kier molecular flexibility index (Phi) is 10.4. The summed E-state index contributed by atoms with van der Waals surface area (Å²) >= 11 is 0. The molecule has 5 nitrogen and oxygen atoms in total. The molecule has 0 N–H and O–H groups in total. The number of anilines is 2. The van der Waals surface area contributed by atoms with Gasteiger partial charge in [-0.25, -0.2) is 0 Å². The molecule has 0 aliphatic carbocycles. The van der Waals surface area contributed by atoms with E-state index in [-0.39, 0.29) is 12.3 Å². The molecule has 4 aliphatic heterocycles. The first-order chi connectivity index (χ1) is 24.5. The third-order valence-electron chi connectivity index (χ3n) is 10.8. The van der Waals surface area contributed by atoms with Crippen molar-refractivity contribution in [1.29, 1.82) is 0 Å². The summed E-state index contributed by atoms with van der Waals surface area (Å²) in [5, 5.41) is 0. The normalized spacial score (nSPS) is 20.7. The van der Waals surface area contributed by atoms with Crippen LogP contribution in [0.5, 0.6) is 0 Å². The molecule has 0 saturated carbocycles. The molecule has 8 rings (SSSR count). The number of nitrogens with zero attached hydrogens (tertiary/aromatic N) is 4. The van der Waals surface area contributed by atoms with Gasteiger partial charge in [0, 0.05) is 64.9 Å². The van der Waals surface area contributed by atoms with Gasteiger partial charge in [-0.15, -0.1) is 0 Å². The van der Waals surface area contributed by atoms with Crippen LogP contribution in [0.4, 0.5) is 11.4 Å². The predicted molar refractivity (Wildman–Crippen MR) is 211 cm³/mol.